The van der Waals surface area contributed by atoms with Gasteiger partial charge in [-0.3, -0.25) is 0 Å². The molecule has 2 heterocycles. The largest absolute Gasteiger partial charge is 0.462 e. The number of esters is 1. The molecule has 3 rings (SSSR count). The van der Waals surface area contributed by atoms with Crippen molar-refractivity contribution in [2.75, 3.05) is 18.5 Å². The number of nitrogens with zero attached hydrogens (tertiary/aromatic N) is 2. The van der Waals surface area contributed by atoms with E-state index in [1.807, 2.05) is 13.0 Å². The molecule has 0 radical (unpaired) electrons. The summed E-state index contributed by atoms with van der Waals surface area (Å²) < 4.78 is 10.3. The SMILES string of the molecule is CCOC(=O)c1ccc(NC(=O)N2CCC[C@@H]2c2cc(C)no2)cc1. The van der Waals surface area contributed by atoms with E-state index in [0.717, 1.165) is 18.5 Å². The minimum atomic E-state index is -0.374. The van der Waals surface area contributed by atoms with Gasteiger partial charge in [-0.15, -0.1) is 0 Å². The number of hydrogen-bond acceptors (Lipinski definition) is 5. The van der Waals surface area contributed by atoms with Gasteiger partial charge < -0.3 is 19.5 Å². The van der Waals surface area contributed by atoms with Crippen molar-refractivity contribution in [1.29, 1.82) is 0 Å². The van der Waals surface area contributed by atoms with E-state index in [1.165, 1.54) is 0 Å². The zero-order chi connectivity index (χ0) is 17.8. The zero-order valence-electron chi connectivity index (χ0n) is 14.3. The van der Waals surface area contributed by atoms with Crippen molar-refractivity contribution in [3.8, 4) is 0 Å². The number of benzene rings is 1. The highest BCUT2D eigenvalue weighted by molar-refractivity contribution is 5.92. The average molecular weight is 343 g/mol. The predicted molar refractivity (Wildman–Crippen MR) is 91.3 cm³/mol. The second kappa shape index (κ2) is 7.38. The lowest BCUT2D eigenvalue weighted by Gasteiger charge is -2.23. The Labute approximate surface area is 145 Å². The molecule has 1 saturated heterocycles. The van der Waals surface area contributed by atoms with Gasteiger partial charge >= 0.3 is 12.0 Å². The van der Waals surface area contributed by atoms with Gasteiger partial charge in [-0.25, -0.2) is 9.59 Å². The highest BCUT2D eigenvalue weighted by atomic mass is 16.5. The Bertz CT molecular complexity index is 754. The molecule has 1 aromatic heterocycles. The maximum atomic E-state index is 12.6. The van der Waals surface area contributed by atoms with Crippen molar-refractivity contribution in [2.24, 2.45) is 0 Å². The van der Waals surface area contributed by atoms with Gasteiger partial charge in [0.25, 0.3) is 0 Å². The number of aromatic nitrogens is 1. The molecular formula is C18H21N3O4. The highest BCUT2D eigenvalue weighted by Crippen LogP contribution is 2.32. The molecular weight excluding hydrogens is 322 g/mol. The number of ether oxygens (including phenoxy) is 1. The molecule has 25 heavy (non-hydrogen) atoms. The van der Waals surface area contributed by atoms with Gasteiger partial charge in [-0.1, -0.05) is 5.16 Å². The van der Waals surface area contributed by atoms with E-state index < -0.39 is 0 Å². The maximum Gasteiger partial charge on any atom is 0.338 e. The van der Waals surface area contributed by atoms with Crippen LogP contribution < -0.4 is 5.32 Å². The summed E-state index contributed by atoms with van der Waals surface area (Å²) in [4.78, 5) is 26.0. The Balaban J connectivity index is 1.66. The molecule has 1 fully saturated rings. The number of amides is 2. The Morgan fingerprint density at radius 1 is 1.36 bits per heavy atom. The number of urea groups is 1. The average Bonchev–Trinajstić information content (AvgIpc) is 3.24. The van der Waals surface area contributed by atoms with Gasteiger partial charge in [0.15, 0.2) is 5.76 Å². The van der Waals surface area contributed by atoms with Crippen LogP contribution in [0.25, 0.3) is 0 Å². The zero-order valence-corrected chi connectivity index (χ0v) is 14.3. The smallest absolute Gasteiger partial charge is 0.338 e. The second-order valence-electron chi connectivity index (χ2n) is 5.95. The van der Waals surface area contributed by atoms with Crippen molar-refractivity contribution >= 4 is 17.7 Å². The van der Waals surface area contributed by atoms with E-state index in [0.29, 0.717) is 30.2 Å². The summed E-state index contributed by atoms with van der Waals surface area (Å²) in [7, 11) is 0. The first-order valence-corrected chi connectivity index (χ1v) is 8.36. The number of hydrogen-bond donors (Lipinski definition) is 1. The Kier molecular flexibility index (Phi) is 5.02. The van der Waals surface area contributed by atoms with Gasteiger partial charge in [-0.2, -0.15) is 0 Å². The Morgan fingerprint density at radius 3 is 2.76 bits per heavy atom. The number of likely N-dealkylation sites (tertiary alicyclic amines) is 1. The molecule has 0 aliphatic carbocycles. The van der Waals surface area contributed by atoms with Gasteiger partial charge in [0.1, 0.15) is 0 Å². The fourth-order valence-corrected chi connectivity index (χ4v) is 2.95. The lowest BCUT2D eigenvalue weighted by molar-refractivity contribution is 0.0526. The number of carbonyl (C=O) groups excluding carboxylic acids is 2. The van der Waals surface area contributed by atoms with Crippen molar-refractivity contribution in [3.05, 3.63) is 47.3 Å². The van der Waals surface area contributed by atoms with Gasteiger partial charge in [0.2, 0.25) is 0 Å². The van der Waals surface area contributed by atoms with Crippen molar-refractivity contribution in [3.63, 3.8) is 0 Å². The number of carbonyl (C=O) groups is 2. The molecule has 7 heteroatoms. The Hall–Kier alpha value is -2.83. The molecule has 2 amide bonds. The molecule has 0 bridgehead atoms. The Morgan fingerprint density at radius 2 is 2.12 bits per heavy atom. The first-order chi connectivity index (χ1) is 12.1. The van der Waals surface area contributed by atoms with E-state index in [9.17, 15) is 9.59 Å². The molecule has 0 spiro atoms. The van der Waals surface area contributed by atoms with Gasteiger partial charge in [0, 0.05) is 18.3 Å². The lowest BCUT2D eigenvalue weighted by atomic mass is 10.1. The summed E-state index contributed by atoms with van der Waals surface area (Å²) in [6.45, 7) is 4.61. The van der Waals surface area contributed by atoms with E-state index in [2.05, 4.69) is 10.5 Å². The minimum absolute atomic E-state index is 0.0972. The summed E-state index contributed by atoms with van der Waals surface area (Å²) in [6.07, 6.45) is 1.77. The fourth-order valence-electron chi connectivity index (χ4n) is 2.95. The molecule has 1 N–H and O–H groups in total. The molecule has 0 unspecified atom stereocenters. The summed E-state index contributed by atoms with van der Waals surface area (Å²) >= 11 is 0. The molecule has 132 valence electrons. The number of anilines is 1. The number of nitrogens with one attached hydrogen (secondary N) is 1. The summed E-state index contributed by atoms with van der Waals surface area (Å²) in [5, 5.41) is 6.76. The van der Waals surface area contributed by atoms with E-state index in [-0.39, 0.29) is 18.0 Å². The summed E-state index contributed by atoms with van der Waals surface area (Å²) in [6, 6.07) is 8.22. The topological polar surface area (TPSA) is 84.7 Å². The molecule has 7 nitrogen and oxygen atoms in total. The molecule has 2 aromatic rings. The summed E-state index contributed by atoms with van der Waals surface area (Å²) in [5.74, 6) is 0.337. The lowest BCUT2D eigenvalue weighted by Crippen LogP contribution is -2.34. The first kappa shape index (κ1) is 17.0. The quantitative estimate of drug-likeness (QED) is 0.859. The van der Waals surface area contributed by atoms with E-state index >= 15 is 0 Å². The third-order valence-electron chi connectivity index (χ3n) is 4.14. The van der Waals surface area contributed by atoms with Crippen LogP contribution in [0, 0.1) is 6.92 Å². The van der Waals surface area contributed by atoms with Crippen LogP contribution in [0.1, 0.15) is 47.6 Å². The van der Waals surface area contributed by atoms with Crippen LogP contribution in [0.4, 0.5) is 10.5 Å². The standard InChI is InChI=1S/C18H21N3O4/c1-3-24-17(22)13-6-8-14(9-7-13)19-18(23)21-10-4-5-15(21)16-11-12(2)20-25-16/h6-9,11,15H,3-5,10H2,1-2H3,(H,19,23)/t15-/m1/s1. The summed E-state index contributed by atoms with van der Waals surface area (Å²) in [5.41, 5.74) is 1.88. The molecule has 1 aromatic carbocycles. The highest BCUT2D eigenvalue weighted by Gasteiger charge is 2.32. The molecule has 1 aliphatic rings. The van der Waals surface area contributed by atoms with Gasteiger partial charge in [-0.05, 0) is 51.0 Å². The van der Waals surface area contributed by atoms with Crippen molar-refractivity contribution in [2.45, 2.75) is 32.7 Å². The van der Waals surface area contributed by atoms with Crippen molar-refractivity contribution in [1.82, 2.24) is 10.1 Å². The molecule has 1 atom stereocenters. The van der Waals surface area contributed by atoms with Gasteiger partial charge in [0.05, 0.1) is 23.9 Å². The van der Waals surface area contributed by atoms with Crippen LogP contribution in [0.5, 0.6) is 0 Å². The fraction of sp³-hybridized carbons (Fsp3) is 0.389. The monoisotopic (exact) mass is 343 g/mol. The first-order valence-electron chi connectivity index (χ1n) is 8.36. The normalized spacial score (nSPS) is 16.7. The predicted octanol–water partition coefficient (Wildman–Crippen LogP) is 3.53. The number of rotatable bonds is 4. The van der Waals surface area contributed by atoms with Crippen LogP contribution in [0.2, 0.25) is 0 Å². The third-order valence-corrected chi connectivity index (χ3v) is 4.14. The van der Waals surface area contributed by atoms with Crippen LogP contribution in [0.3, 0.4) is 0 Å². The van der Waals surface area contributed by atoms with Crippen LogP contribution >= 0.6 is 0 Å². The maximum absolute atomic E-state index is 12.6. The van der Waals surface area contributed by atoms with Crippen LogP contribution in [0.15, 0.2) is 34.9 Å². The number of aryl methyl sites for hydroxylation is 1. The minimum Gasteiger partial charge on any atom is -0.462 e. The van der Waals surface area contributed by atoms with Crippen LogP contribution in [-0.4, -0.2) is 35.2 Å². The molecule has 0 saturated carbocycles. The van der Waals surface area contributed by atoms with Crippen LogP contribution in [-0.2, 0) is 4.74 Å². The van der Waals surface area contributed by atoms with E-state index in [4.69, 9.17) is 9.26 Å². The van der Waals surface area contributed by atoms with E-state index in [1.54, 1.807) is 36.1 Å². The van der Waals surface area contributed by atoms with Crippen molar-refractivity contribution < 1.29 is 18.8 Å². The third kappa shape index (κ3) is 3.81. The molecule has 1 aliphatic heterocycles. The second-order valence-corrected chi connectivity index (χ2v) is 5.95.